The molecule has 0 aliphatic carbocycles. The Bertz CT molecular complexity index is 733. The van der Waals surface area contributed by atoms with Gasteiger partial charge in [-0.2, -0.15) is 24.3 Å². The molecule has 2 unspecified atom stereocenters. The van der Waals surface area contributed by atoms with E-state index in [2.05, 4.69) is 34.7 Å². The van der Waals surface area contributed by atoms with E-state index in [0.717, 1.165) is 11.3 Å². The average molecular weight is 504 g/mol. The van der Waals surface area contributed by atoms with Crippen LogP contribution in [0.3, 0.4) is 0 Å². The van der Waals surface area contributed by atoms with Crippen molar-refractivity contribution in [1.29, 1.82) is 0 Å². The molecule has 131 valence electrons. The van der Waals surface area contributed by atoms with Gasteiger partial charge in [-0.3, -0.25) is 0 Å². The molecule has 2 heterocycles. The molecule has 0 amide bonds. The molecule has 4 nitrogen and oxygen atoms in total. The van der Waals surface area contributed by atoms with Gasteiger partial charge in [-0.15, -0.1) is 5.39 Å². The van der Waals surface area contributed by atoms with Gasteiger partial charge in [0.25, 0.3) is 0 Å². The molecular formula is C19H23IrN2O2-. The number of aryl methyl sites for hydroxylation is 1. The number of aliphatic hydroxyl groups excluding tert-OH is 2. The molecule has 0 saturated carbocycles. The number of hydrogen-bond donors (Lipinski definition) is 2. The Hall–Kier alpha value is -1.52. The SMILES string of the molecule is CC(O)CC(C)O.Cc1cc2ccc[c-]c2n1-c1ccccn1.[Ir]. The first kappa shape index (κ1) is 20.5. The van der Waals surface area contributed by atoms with Gasteiger partial charge in [0.1, 0.15) is 5.82 Å². The Labute approximate surface area is 156 Å². The number of aromatic nitrogens is 2. The Morgan fingerprint density at radius 2 is 1.83 bits per heavy atom. The van der Waals surface area contributed by atoms with E-state index in [1.807, 2.05) is 36.5 Å². The summed E-state index contributed by atoms with van der Waals surface area (Å²) in [6.45, 7) is 5.40. The molecule has 0 spiro atoms. The smallest absolute Gasteiger partial charge is 0.135 e. The molecule has 5 heteroatoms. The molecule has 0 aliphatic heterocycles. The van der Waals surface area contributed by atoms with Gasteiger partial charge in [-0.25, -0.2) is 4.98 Å². The number of hydrogen-bond acceptors (Lipinski definition) is 3. The molecule has 2 N–H and O–H groups in total. The molecule has 2 atom stereocenters. The molecular weight excluding hydrogens is 480 g/mol. The summed E-state index contributed by atoms with van der Waals surface area (Å²) in [6.07, 6.45) is 1.53. The van der Waals surface area contributed by atoms with Crippen LogP contribution in [0.25, 0.3) is 16.7 Å². The van der Waals surface area contributed by atoms with Gasteiger partial charge < -0.3 is 14.8 Å². The second-order valence-corrected chi connectivity index (χ2v) is 5.72. The fourth-order valence-electron chi connectivity index (χ4n) is 2.49. The van der Waals surface area contributed by atoms with Gasteiger partial charge in [0, 0.05) is 32.0 Å². The van der Waals surface area contributed by atoms with Crippen LogP contribution in [0.15, 0.2) is 48.7 Å². The molecule has 3 aromatic rings. The Morgan fingerprint density at radius 3 is 2.38 bits per heavy atom. The van der Waals surface area contributed by atoms with Gasteiger partial charge in [0.15, 0.2) is 0 Å². The topological polar surface area (TPSA) is 58.3 Å². The largest absolute Gasteiger partial charge is 0.393 e. The van der Waals surface area contributed by atoms with Gasteiger partial charge >= 0.3 is 0 Å². The number of benzene rings is 1. The molecule has 3 rings (SSSR count). The molecule has 0 bridgehead atoms. The van der Waals surface area contributed by atoms with Crippen molar-refractivity contribution in [3.05, 3.63) is 60.4 Å². The van der Waals surface area contributed by atoms with Crippen LogP contribution in [0, 0.1) is 13.0 Å². The van der Waals surface area contributed by atoms with Crippen molar-refractivity contribution in [3.8, 4) is 5.82 Å². The van der Waals surface area contributed by atoms with E-state index < -0.39 is 0 Å². The second-order valence-electron chi connectivity index (χ2n) is 5.72. The number of fused-ring (bicyclic) bond motifs is 1. The van der Waals surface area contributed by atoms with E-state index in [0.29, 0.717) is 6.42 Å². The third-order valence-electron chi connectivity index (χ3n) is 3.37. The van der Waals surface area contributed by atoms with Crippen LogP contribution >= 0.6 is 0 Å². The molecule has 0 fully saturated rings. The van der Waals surface area contributed by atoms with Crippen LogP contribution in [-0.2, 0) is 20.1 Å². The van der Waals surface area contributed by atoms with Crippen LogP contribution in [0.4, 0.5) is 0 Å². The summed E-state index contributed by atoms with van der Waals surface area (Å²) >= 11 is 0. The van der Waals surface area contributed by atoms with E-state index >= 15 is 0 Å². The van der Waals surface area contributed by atoms with E-state index in [-0.39, 0.29) is 32.3 Å². The third kappa shape index (κ3) is 5.53. The summed E-state index contributed by atoms with van der Waals surface area (Å²) in [4.78, 5) is 4.38. The first-order valence-corrected chi connectivity index (χ1v) is 7.75. The standard InChI is InChI=1S/C14H11N2.C5H12O2.Ir/c1-11-10-12-6-2-3-7-13(12)16(11)14-8-4-5-9-15-14;1-4(6)3-5(2)7;/h2-6,8-10H,1H3;4-7H,3H2,1-2H3;/q-1;;. The van der Waals surface area contributed by atoms with Crippen molar-refractivity contribution in [3.63, 3.8) is 0 Å². The van der Waals surface area contributed by atoms with Crippen molar-refractivity contribution in [1.82, 2.24) is 9.55 Å². The Kier molecular flexibility index (Phi) is 8.29. The number of rotatable bonds is 3. The predicted octanol–water partition coefficient (Wildman–Crippen LogP) is 3.27. The van der Waals surface area contributed by atoms with Crippen LogP contribution in [0.2, 0.25) is 0 Å². The Morgan fingerprint density at radius 1 is 1.12 bits per heavy atom. The monoisotopic (exact) mass is 504 g/mol. The van der Waals surface area contributed by atoms with Gasteiger partial charge in [-0.05, 0) is 39.3 Å². The summed E-state index contributed by atoms with van der Waals surface area (Å²) in [5, 5.41) is 18.3. The maximum Gasteiger partial charge on any atom is 0.135 e. The Balaban J connectivity index is 0.000000312. The molecule has 1 radical (unpaired) electrons. The van der Waals surface area contributed by atoms with Crippen molar-refractivity contribution in [2.75, 3.05) is 0 Å². The zero-order valence-corrected chi connectivity index (χ0v) is 16.5. The first-order chi connectivity index (χ1) is 11.0. The zero-order chi connectivity index (χ0) is 16.8. The van der Waals surface area contributed by atoms with Crippen molar-refractivity contribution in [2.45, 2.75) is 39.4 Å². The van der Waals surface area contributed by atoms with E-state index in [1.54, 1.807) is 13.8 Å². The number of aliphatic hydroxyl groups is 2. The van der Waals surface area contributed by atoms with Crippen molar-refractivity contribution >= 4 is 10.9 Å². The molecule has 1 aromatic carbocycles. The zero-order valence-electron chi connectivity index (χ0n) is 14.1. The van der Waals surface area contributed by atoms with Crippen molar-refractivity contribution < 1.29 is 30.3 Å². The van der Waals surface area contributed by atoms with Crippen LogP contribution < -0.4 is 0 Å². The second kappa shape index (κ2) is 9.70. The van der Waals surface area contributed by atoms with Crippen molar-refractivity contribution in [2.24, 2.45) is 0 Å². The van der Waals surface area contributed by atoms with E-state index in [1.165, 1.54) is 11.1 Å². The molecule has 2 aromatic heterocycles. The fraction of sp³-hybridized carbons (Fsp3) is 0.316. The quantitative estimate of drug-likeness (QED) is 0.540. The maximum atomic E-state index is 8.56. The van der Waals surface area contributed by atoms with Gasteiger partial charge in [0.2, 0.25) is 0 Å². The maximum absolute atomic E-state index is 8.56. The summed E-state index contributed by atoms with van der Waals surface area (Å²) in [5.41, 5.74) is 2.26. The first-order valence-electron chi connectivity index (χ1n) is 7.75. The van der Waals surface area contributed by atoms with E-state index in [4.69, 9.17) is 10.2 Å². The van der Waals surface area contributed by atoms with Crippen LogP contribution in [0.1, 0.15) is 26.0 Å². The number of pyridine rings is 1. The normalized spacial score (nSPS) is 12.7. The predicted molar refractivity (Wildman–Crippen MR) is 92.6 cm³/mol. The summed E-state index contributed by atoms with van der Waals surface area (Å²) < 4.78 is 2.12. The fourth-order valence-corrected chi connectivity index (χ4v) is 2.49. The third-order valence-corrected chi connectivity index (χ3v) is 3.37. The van der Waals surface area contributed by atoms with E-state index in [9.17, 15) is 0 Å². The minimum absolute atomic E-state index is 0. The average Bonchev–Trinajstić information content (AvgIpc) is 2.83. The molecule has 0 aliphatic rings. The minimum Gasteiger partial charge on any atom is -0.393 e. The summed E-state index contributed by atoms with van der Waals surface area (Å²) in [7, 11) is 0. The number of nitrogens with zero attached hydrogens (tertiary/aromatic N) is 2. The molecule has 0 saturated heterocycles. The number of para-hydroxylation sites is 1. The minimum atomic E-state index is -0.375. The van der Waals surface area contributed by atoms with Crippen LogP contribution in [-0.4, -0.2) is 32.0 Å². The van der Waals surface area contributed by atoms with Crippen LogP contribution in [0.5, 0.6) is 0 Å². The summed E-state index contributed by atoms with van der Waals surface area (Å²) in [6, 6.07) is 17.4. The molecule has 24 heavy (non-hydrogen) atoms. The van der Waals surface area contributed by atoms with Gasteiger partial charge in [0.05, 0.1) is 12.2 Å². The summed E-state index contributed by atoms with van der Waals surface area (Å²) in [5.74, 6) is 0.942. The van der Waals surface area contributed by atoms with Gasteiger partial charge in [-0.1, -0.05) is 17.6 Å².